The van der Waals surface area contributed by atoms with E-state index in [2.05, 4.69) is 10.6 Å². The van der Waals surface area contributed by atoms with E-state index in [0.717, 1.165) is 5.56 Å². The van der Waals surface area contributed by atoms with Crippen LogP contribution in [0.15, 0.2) is 48.5 Å². The summed E-state index contributed by atoms with van der Waals surface area (Å²) in [7, 11) is 0. The fourth-order valence-electron chi connectivity index (χ4n) is 2.27. The van der Waals surface area contributed by atoms with Gasteiger partial charge in [0.05, 0.1) is 6.04 Å². The molecular formula is C20H23ClN2O3. The molecule has 0 spiro atoms. The maximum atomic E-state index is 12.5. The van der Waals surface area contributed by atoms with Gasteiger partial charge >= 0.3 is 6.09 Å². The Morgan fingerprint density at radius 3 is 2.35 bits per heavy atom. The Bertz CT molecular complexity index is 782. The van der Waals surface area contributed by atoms with E-state index in [1.54, 1.807) is 57.2 Å². The molecule has 2 N–H and O–H groups in total. The largest absolute Gasteiger partial charge is 0.444 e. The van der Waals surface area contributed by atoms with Crippen LogP contribution in [0.1, 0.15) is 49.7 Å². The first-order valence-electron chi connectivity index (χ1n) is 8.30. The van der Waals surface area contributed by atoms with Crippen molar-refractivity contribution in [2.45, 2.75) is 39.3 Å². The van der Waals surface area contributed by atoms with Crippen molar-refractivity contribution in [3.8, 4) is 0 Å². The van der Waals surface area contributed by atoms with Gasteiger partial charge in [-0.2, -0.15) is 0 Å². The summed E-state index contributed by atoms with van der Waals surface area (Å²) >= 11 is 5.88. The van der Waals surface area contributed by atoms with Crippen molar-refractivity contribution < 1.29 is 14.3 Å². The monoisotopic (exact) mass is 374 g/mol. The molecule has 2 amide bonds. The Balaban J connectivity index is 2.03. The lowest BCUT2D eigenvalue weighted by molar-refractivity contribution is 0.0635. The Labute approximate surface area is 158 Å². The molecular weight excluding hydrogens is 352 g/mol. The second-order valence-corrected chi connectivity index (χ2v) is 7.39. The van der Waals surface area contributed by atoms with E-state index in [1.807, 2.05) is 19.1 Å². The summed E-state index contributed by atoms with van der Waals surface area (Å²) in [6.45, 7) is 7.25. The average molecular weight is 375 g/mol. The molecule has 0 heterocycles. The summed E-state index contributed by atoms with van der Waals surface area (Å²) in [5.41, 5.74) is 1.30. The molecule has 0 aliphatic heterocycles. The SMILES string of the molecule is CC(NC(=O)c1cccc(NC(=O)OC(C)(C)C)c1)c1ccc(Cl)cc1. The van der Waals surface area contributed by atoms with Gasteiger partial charge in [0.25, 0.3) is 5.91 Å². The van der Waals surface area contributed by atoms with E-state index in [1.165, 1.54) is 0 Å². The molecule has 0 aliphatic carbocycles. The number of nitrogens with one attached hydrogen (secondary N) is 2. The summed E-state index contributed by atoms with van der Waals surface area (Å²) in [6.07, 6.45) is -0.565. The first-order valence-corrected chi connectivity index (χ1v) is 8.68. The number of halogens is 1. The van der Waals surface area contributed by atoms with E-state index in [9.17, 15) is 9.59 Å². The highest BCUT2D eigenvalue weighted by Gasteiger charge is 2.17. The summed E-state index contributed by atoms with van der Waals surface area (Å²) < 4.78 is 5.21. The van der Waals surface area contributed by atoms with Gasteiger partial charge < -0.3 is 10.1 Å². The minimum atomic E-state index is -0.590. The molecule has 5 nitrogen and oxygen atoms in total. The quantitative estimate of drug-likeness (QED) is 0.774. The highest BCUT2D eigenvalue weighted by atomic mass is 35.5. The van der Waals surface area contributed by atoms with Gasteiger partial charge in [-0.15, -0.1) is 0 Å². The molecule has 26 heavy (non-hydrogen) atoms. The van der Waals surface area contributed by atoms with E-state index in [0.29, 0.717) is 16.3 Å². The Kier molecular flexibility index (Phi) is 6.27. The zero-order valence-corrected chi connectivity index (χ0v) is 16.1. The fourth-order valence-corrected chi connectivity index (χ4v) is 2.40. The Hall–Kier alpha value is -2.53. The van der Waals surface area contributed by atoms with Gasteiger partial charge in [0.2, 0.25) is 0 Å². The third-order valence-corrected chi connectivity index (χ3v) is 3.74. The topological polar surface area (TPSA) is 67.4 Å². The van der Waals surface area contributed by atoms with Crippen molar-refractivity contribution in [1.82, 2.24) is 5.32 Å². The molecule has 0 aliphatic rings. The number of carbonyl (C=O) groups is 2. The van der Waals surface area contributed by atoms with Gasteiger partial charge in [0.15, 0.2) is 0 Å². The van der Waals surface area contributed by atoms with E-state index < -0.39 is 11.7 Å². The van der Waals surface area contributed by atoms with Gasteiger partial charge in [-0.05, 0) is 63.6 Å². The standard InChI is InChI=1S/C20H23ClN2O3/c1-13(14-8-10-16(21)11-9-14)22-18(24)15-6-5-7-17(12-15)23-19(25)26-20(2,3)4/h5-13H,1-4H3,(H,22,24)(H,23,25). The molecule has 0 saturated heterocycles. The van der Waals surface area contributed by atoms with Gasteiger partial charge in [-0.25, -0.2) is 4.79 Å². The molecule has 1 unspecified atom stereocenters. The zero-order chi connectivity index (χ0) is 19.3. The normalized spacial score (nSPS) is 12.2. The van der Waals surface area contributed by atoms with Crippen molar-refractivity contribution in [1.29, 1.82) is 0 Å². The predicted molar refractivity (Wildman–Crippen MR) is 104 cm³/mol. The fraction of sp³-hybridized carbons (Fsp3) is 0.300. The van der Waals surface area contributed by atoms with Crippen LogP contribution in [-0.4, -0.2) is 17.6 Å². The first kappa shape index (κ1) is 19.8. The van der Waals surface area contributed by atoms with E-state index in [4.69, 9.17) is 16.3 Å². The zero-order valence-electron chi connectivity index (χ0n) is 15.3. The van der Waals surface area contributed by atoms with Crippen molar-refractivity contribution in [3.05, 3.63) is 64.7 Å². The predicted octanol–water partition coefficient (Wildman–Crippen LogP) is 5.18. The highest BCUT2D eigenvalue weighted by Crippen LogP contribution is 2.18. The molecule has 0 bridgehead atoms. The summed E-state index contributed by atoms with van der Waals surface area (Å²) in [6, 6.07) is 13.8. The van der Waals surface area contributed by atoms with Crippen LogP contribution in [0.5, 0.6) is 0 Å². The van der Waals surface area contributed by atoms with Crippen molar-refractivity contribution in [2.24, 2.45) is 0 Å². The number of amides is 2. The Morgan fingerprint density at radius 2 is 1.73 bits per heavy atom. The van der Waals surface area contributed by atoms with Crippen LogP contribution >= 0.6 is 11.6 Å². The summed E-state index contributed by atoms with van der Waals surface area (Å²) in [4.78, 5) is 24.3. The van der Waals surface area contributed by atoms with E-state index in [-0.39, 0.29) is 11.9 Å². The molecule has 2 rings (SSSR count). The lowest BCUT2D eigenvalue weighted by Crippen LogP contribution is -2.28. The maximum Gasteiger partial charge on any atom is 0.412 e. The third kappa shape index (κ3) is 6.08. The molecule has 0 saturated carbocycles. The summed E-state index contributed by atoms with van der Waals surface area (Å²) in [5, 5.41) is 6.20. The van der Waals surface area contributed by atoms with Crippen molar-refractivity contribution in [2.75, 3.05) is 5.32 Å². The van der Waals surface area contributed by atoms with Crippen LogP contribution in [-0.2, 0) is 4.74 Å². The smallest absolute Gasteiger partial charge is 0.412 e. The minimum absolute atomic E-state index is 0.178. The molecule has 1 atom stereocenters. The second kappa shape index (κ2) is 8.23. The van der Waals surface area contributed by atoms with Crippen LogP contribution in [0.3, 0.4) is 0 Å². The first-order chi connectivity index (χ1) is 12.1. The summed E-state index contributed by atoms with van der Waals surface area (Å²) in [5.74, 6) is -0.236. The number of rotatable bonds is 4. The van der Waals surface area contributed by atoms with Crippen LogP contribution in [0.2, 0.25) is 5.02 Å². The van der Waals surface area contributed by atoms with Gasteiger partial charge in [-0.3, -0.25) is 10.1 Å². The number of hydrogen-bond donors (Lipinski definition) is 2. The van der Waals surface area contributed by atoms with Gasteiger partial charge in [0, 0.05) is 16.3 Å². The van der Waals surface area contributed by atoms with E-state index >= 15 is 0 Å². The van der Waals surface area contributed by atoms with Crippen molar-refractivity contribution >= 4 is 29.3 Å². The number of benzene rings is 2. The average Bonchev–Trinajstić information content (AvgIpc) is 2.53. The number of carbonyl (C=O) groups excluding carboxylic acids is 2. The molecule has 0 fully saturated rings. The van der Waals surface area contributed by atoms with Crippen LogP contribution in [0.4, 0.5) is 10.5 Å². The number of anilines is 1. The number of ether oxygens (including phenoxy) is 1. The molecule has 2 aromatic carbocycles. The van der Waals surface area contributed by atoms with Crippen LogP contribution < -0.4 is 10.6 Å². The van der Waals surface area contributed by atoms with Gasteiger partial charge in [0.1, 0.15) is 5.60 Å². The van der Waals surface area contributed by atoms with Gasteiger partial charge in [-0.1, -0.05) is 29.8 Å². The number of hydrogen-bond acceptors (Lipinski definition) is 3. The third-order valence-electron chi connectivity index (χ3n) is 3.49. The lowest BCUT2D eigenvalue weighted by Gasteiger charge is -2.20. The lowest BCUT2D eigenvalue weighted by atomic mass is 10.1. The molecule has 6 heteroatoms. The van der Waals surface area contributed by atoms with Crippen molar-refractivity contribution in [3.63, 3.8) is 0 Å². The molecule has 2 aromatic rings. The molecule has 0 radical (unpaired) electrons. The van der Waals surface area contributed by atoms with Crippen LogP contribution in [0.25, 0.3) is 0 Å². The highest BCUT2D eigenvalue weighted by molar-refractivity contribution is 6.30. The second-order valence-electron chi connectivity index (χ2n) is 6.95. The molecule has 138 valence electrons. The van der Waals surface area contributed by atoms with Crippen LogP contribution in [0, 0.1) is 0 Å². The minimum Gasteiger partial charge on any atom is -0.444 e. The Morgan fingerprint density at radius 1 is 1.08 bits per heavy atom. The maximum absolute atomic E-state index is 12.5. The molecule has 0 aromatic heterocycles.